The van der Waals surface area contributed by atoms with Gasteiger partial charge < -0.3 is 9.73 Å². The highest BCUT2D eigenvalue weighted by atomic mass is 32.2. The lowest BCUT2D eigenvalue weighted by Crippen LogP contribution is -2.03. The van der Waals surface area contributed by atoms with Gasteiger partial charge in [0.05, 0.1) is 12.3 Å². The first kappa shape index (κ1) is 13.2. The Morgan fingerprint density at radius 2 is 1.83 bits per heavy atom. The van der Waals surface area contributed by atoms with E-state index in [4.69, 9.17) is 4.42 Å². The first-order valence-electron chi connectivity index (χ1n) is 6.11. The predicted molar refractivity (Wildman–Crippen MR) is 76.9 cm³/mol. The zero-order valence-corrected chi connectivity index (χ0v) is 11.9. The number of nitrogens with one attached hydrogen (secondary N) is 1. The molecule has 0 bridgehead atoms. The largest absolute Gasteiger partial charge is 0.464 e. The van der Waals surface area contributed by atoms with Crippen molar-refractivity contribution in [2.24, 2.45) is 0 Å². The van der Waals surface area contributed by atoms with Gasteiger partial charge in [0, 0.05) is 4.90 Å². The summed E-state index contributed by atoms with van der Waals surface area (Å²) in [5, 5.41) is 3.08. The third kappa shape index (κ3) is 3.40. The monoisotopic (exact) mass is 261 g/mol. The summed E-state index contributed by atoms with van der Waals surface area (Å²) in [6, 6.07) is 10.7. The maximum Gasteiger partial charge on any atom is 0.117 e. The van der Waals surface area contributed by atoms with Gasteiger partial charge in [0.1, 0.15) is 11.5 Å². The molecule has 1 aromatic carbocycles. The van der Waals surface area contributed by atoms with Crippen LogP contribution >= 0.6 is 11.8 Å². The Bertz CT molecular complexity index is 519. The normalized spacial score (nSPS) is 10.8. The molecule has 0 unspecified atom stereocenters. The van der Waals surface area contributed by atoms with Crippen LogP contribution in [0.5, 0.6) is 0 Å². The van der Waals surface area contributed by atoms with Crippen LogP contribution in [0.1, 0.15) is 22.6 Å². The summed E-state index contributed by atoms with van der Waals surface area (Å²) in [6.07, 6.45) is 0. The Morgan fingerprint density at radius 3 is 2.56 bits per heavy atom. The van der Waals surface area contributed by atoms with Gasteiger partial charge in [-0.1, -0.05) is 6.07 Å². The molecule has 0 aliphatic heterocycles. The van der Waals surface area contributed by atoms with Crippen LogP contribution in [0.2, 0.25) is 0 Å². The minimum Gasteiger partial charge on any atom is -0.464 e. The van der Waals surface area contributed by atoms with Crippen molar-refractivity contribution in [1.82, 2.24) is 5.32 Å². The lowest BCUT2D eigenvalue weighted by Gasteiger charge is -2.04. The van der Waals surface area contributed by atoms with Crippen molar-refractivity contribution in [3.63, 3.8) is 0 Å². The summed E-state index contributed by atoms with van der Waals surface area (Å²) in [5.74, 6) is 2.91. The Labute approximate surface area is 113 Å². The summed E-state index contributed by atoms with van der Waals surface area (Å²) in [5.41, 5.74) is 2.68. The van der Waals surface area contributed by atoms with E-state index in [2.05, 4.69) is 43.4 Å². The lowest BCUT2D eigenvalue weighted by molar-refractivity contribution is 0.469. The molecule has 0 amide bonds. The number of aryl methyl sites for hydroxylation is 2. The van der Waals surface area contributed by atoms with E-state index in [1.54, 1.807) is 0 Å². The maximum atomic E-state index is 5.72. The van der Waals surface area contributed by atoms with E-state index >= 15 is 0 Å². The third-order valence-electron chi connectivity index (χ3n) is 2.93. The quantitative estimate of drug-likeness (QED) is 0.826. The molecule has 0 saturated heterocycles. The number of hydrogen-bond donors (Lipinski definition) is 1. The van der Waals surface area contributed by atoms with Gasteiger partial charge in [-0.05, 0) is 56.3 Å². The van der Waals surface area contributed by atoms with Crippen LogP contribution in [0.4, 0.5) is 0 Å². The van der Waals surface area contributed by atoms with Crippen molar-refractivity contribution >= 4 is 11.8 Å². The van der Waals surface area contributed by atoms with Crippen LogP contribution < -0.4 is 5.32 Å². The Balaban J connectivity index is 1.95. The van der Waals surface area contributed by atoms with E-state index in [1.165, 1.54) is 16.0 Å². The van der Waals surface area contributed by atoms with Gasteiger partial charge >= 0.3 is 0 Å². The molecule has 0 aliphatic rings. The van der Waals surface area contributed by atoms with Crippen LogP contribution in [-0.2, 0) is 12.3 Å². The van der Waals surface area contributed by atoms with Gasteiger partial charge in [-0.2, -0.15) is 0 Å². The van der Waals surface area contributed by atoms with Gasteiger partial charge in [-0.3, -0.25) is 0 Å². The molecule has 0 atom stereocenters. The van der Waals surface area contributed by atoms with Crippen molar-refractivity contribution < 1.29 is 4.42 Å². The standard InChI is InChI=1S/C15H19NOS/c1-11-4-7-15(8-12(11)2)18-10-14-6-5-13(17-14)9-16-3/h4-8,16H,9-10H2,1-3H3. The third-order valence-corrected chi connectivity index (χ3v) is 3.94. The van der Waals surface area contributed by atoms with Crippen molar-refractivity contribution in [3.8, 4) is 0 Å². The number of thioether (sulfide) groups is 1. The summed E-state index contributed by atoms with van der Waals surface area (Å²) in [4.78, 5) is 1.30. The van der Waals surface area contributed by atoms with Gasteiger partial charge in [0.2, 0.25) is 0 Å². The van der Waals surface area contributed by atoms with Crippen LogP contribution in [0.3, 0.4) is 0 Å². The minimum absolute atomic E-state index is 0.786. The minimum atomic E-state index is 0.786. The average Bonchev–Trinajstić information content (AvgIpc) is 2.79. The van der Waals surface area contributed by atoms with E-state index in [9.17, 15) is 0 Å². The zero-order valence-electron chi connectivity index (χ0n) is 11.1. The fourth-order valence-corrected chi connectivity index (χ4v) is 2.62. The van der Waals surface area contributed by atoms with Crippen LogP contribution in [0.15, 0.2) is 39.6 Å². The van der Waals surface area contributed by atoms with Crippen molar-refractivity contribution in [1.29, 1.82) is 0 Å². The first-order valence-corrected chi connectivity index (χ1v) is 7.10. The van der Waals surface area contributed by atoms with Gasteiger partial charge in [0.25, 0.3) is 0 Å². The van der Waals surface area contributed by atoms with Crippen LogP contribution in [0, 0.1) is 13.8 Å². The Kier molecular flexibility index (Phi) is 4.50. The number of hydrogen-bond acceptors (Lipinski definition) is 3. The van der Waals surface area contributed by atoms with Gasteiger partial charge in [-0.15, -0.1) is 11.8 Å². The average molecular weight is 261 g/mol. The Morgan fingerprint density at radius 1 is 1.06 bits per heavy atom. The molecule has 18 heavy (non-hydrogen) atoms. The van der Waals surface area contributed by atoms with E-state index in [0.29, 0.717) is 0 Å². The van der Waals surface area contributed by atoms with E-state index in [1.807, 2.05) is 24.9 Å². The molecular weight excluding hydrogens is 242 g/mol. The van der Waals surface area contributed by atoms with Gasteiger partial charge in [-0.25, -0.2) is 0 Å². The molecule has 0 aliphatic carbocycles. The van der Waals surface area contributed by atoms with Crippen molar-refractivity contribution in [2.75, 3.05) is 7.05 Å². The first-order chi connectivity index (χ1) is 8.69. The molecule has 0 spiro atoms. The highest BCUT2D eigenvalue weighted by Crippen LogP contribution is 2.25. The van der Waals surface area contributed by atoms with Crippen LogP contribution in [0.25, 0.3) is 0 Å². The number of benzene rings is 1. The topological polar surface area (TPSA) is 25.2 Å². The lowest BCUT2D eigenvalue weighted by atomic mass is 10.1. The van der Waals surface area contributed by atoms with Crippen molar-refractivity contribution in [3.05, 3.63) is 53.0 Å². The molecule has 2 aromatic rings. The predicted octanol–water partition coefficient (Wildman–Crippen LogP) is 3.91. The molecular formula is C15H19NOS. The smallest absolute Gasteiger partial charge is 0.117 e. The number of furan rings is 1. The molecule has 2 rings (SSSR count). The summed E-state index contributed by atoms with van der Waals surface area (Å²) < 4.78 is 5.72. The zero-order chi connectivity index (χ0) is 13.0. The fourth-order valence-electron chi connectivity index (χ4n) is 1.73. The highest BCUT2D eigenvalue weighted by Gasteiger charge is 2.03. The summed E-state index contributed by atoms with van der Waals surface area (Å²) in [6.45, 7) is 5.08. The van der Waals surface area contributed by atoms with Crippen LogP contribution in [-0.4, -0.2) is 7.05 Å². The molecule has 96 valence electrons. The highest BCUT2D eigenvalue weighted by molar-refractivity contribution is 7.98. The van der Waals surface area contributed by atoms with Crippen molar-refractivity contribution in [2.45, 2.75) is 31.0 Å². The molecule has 1 N–H and O–H groups in total. The molecule has 0 radical (unpaired) electrons. The molecule has 2 nitrogen and oxygen atoms in total. The second-order valence-corrected chi connectivity index (χ2v) is 5.48. The molecule has 1 aromatic heterocycles. The molecule has 0 fully saturated rings. The number of rotatable bonds is 5. The summed E-state index contributed by atoms with van der Waals surface area (Å²) >= 11 is 1.81. The molecule has 1 heterocycles. The Hall–Kier alpha value is -1.19. The maximum absolute atomic E-state index is 5.72. The second-order valence-electron chi connectivity index (χ2n) is 4.43. The SMILES string of the molecule is CNCc1ccc(CSc2ccc(C)c(C)c2)o1. The van der Waals surface area contributed by atoms with E-state index in [-0.39, 0.29) is 0 Å². The van der Waals surface area contributed by atoms with E-state index < -0.39 is 0 Å². The van der Waals surface area contributed by atoms with Gasteiger partial charge in [0.15, 0.2) is 0 Å². The fraction of sp³-hybridized carbons (Fsp3) is 0.333. The molecule has 3 heteroatoms. The second kappa shape index (κ2) is 6.12. The van der Waals surface area contributed by atoms with E-state index in [0.717, 1.165) is 23.8 Å². The molecule has 0 saturated carbocycles. The summed E-state index contributed by atoms with van der Waals surface area (Å²) in [7, 11) is 1.92.